The Labute approximate surface area is 237 Å². The summed E-state index contributed by atoms with van der Waals surface area (Å²) in [4.78, 5) is 12.0. The van der Waals surface area contributed by atoms with Crippen LogP contribution in [0.15, 0.2) is 42.5 Å². The van der Waals surface area contributed by atoms with E-state index in [-0.39, 0.29) is 24.4 Å². The van der Waals surface area contributed by atoms with E-state index < -0.39 is 23.8 Å². The summed E-state index contributed by atoms with van der Waals surface area (Å²) in [5.74, 6) is 2.63. The van der Waals surface area contributed by atoms with Gasteiger partial charge in [-0.15, -0.1) is 0 Å². The Morgan fingerprint density at radius 1 is 0.950 bits per heavy atom. The Kier molecular flexibility index (Phi) is 8.02. The summed E-state index contributed by atoms with van der Waals surface area (Å²) in [6.45, 7) is 1.68. The monoisotopic (exact) mass is 550 g/mol. The number of aliphatic hydroxyl groups is 1. The van der Waals surface area contributed by atoms with Crippen LogP contribution in [0, 0.1) is 35.3 Å². The lowest BCUT2D eigenvalue weighted by molar-refractivity contribution is -0.120. The third kappa shape index (κ3) is 5.85. The Morgan fingerprint density at radius 3 is 2.23 bits per heavy atom. The summed E-state index contributed by atoms with van der Waals surface area (Å²) in [5, 5.41) is 17.9. The largest absolute Gasteiger partial charge is 0.390 e. The van der Waals surface area contributed by atoms with Crippen molar-refractivity contribution in [1.29, 1.82) is 0 Å². The van der Waals surface area contributed by atoms with E-state index in [9.17, 15) is 18.7 Å². The molecule has 2 aromatic rings. The topological polar surface area (TPSA) is 61.4 Å². The van der Waals surface area contributed by atoms with Crippen molar-refractivity contribution in [2.24, 2.45) is 23.7 Å². The maximum absolute atomic E-state index is 13.8. The van der Waals surface area contributed by atoms with Gasteiger partial charge in [0.05, 0.1) is 12.1 Å². The van der Waals surface area contributed by atoms with Crippen molar-refractivity contribution in [3.05, 3.63) is 70.8 Å². The minimum absolute atomic E-state index is 0.145. The van der Waals surface area contributed by atoms with Gasteiger partial charge in [-0.1, -0.05) is 43.5 Å². The molecule has 2 unspecified atom stereocenters. The fourth-order valence-electron chi connectivity index (χ4n) is 9.21. The van der Waals surface area contributed by atoms with Crippen LogP contribution < -0.4 is 10.6 Å². The first-order valence-electron chi connectivity index (χ1n) is 15.5. The van der Waals surface area contributed by atoms with Crippen molar-refractivity contribution in [2.75, 3.05) is 6.54 Å². The Bertz CT molecular complexity index is 1160. The zero-order valence-corrected chi connectivity index (χ0v) is 23.7. The number of carbonyl (C=O) groups is 1. The third-order valence-electron chi connectivity index (χ3n) is 10.6. The van der Waals surface area contributed by atoms with Crippen molar-refractivity contribution in [3.63, 3.8) is 0 Å². The fourth-order valence-corrected chi connectivity index (χ4v) is 9.21. The first-order valence-corrected chi connectivity index (χ1v) is 15.5. The van der Waals surface area contributed by atoms with E-state index in [1.807, 2.05) is 0 Å². The molecule has 4 nitrogen and oxygen atoms in total. The third-order valence-corrected chi connectivity index (χ3v) is 10.6. The number of hydrogen-bond acceptors (Lipinski definition) is 3. The molecule has 4 bridgehead atoms. The summed E-state index contributed by atoms with van der Waals surface area (Å²) >= 11 is 0. The number of amides is 1. The molecule has 1 amide bonds. The average Bonchev–Trinajstić information content (AvgIpc) is 2.91. The van der Waals surface area contributed by atoms with Gasteiger partial charge in [0, 0.05) is 25.1 Å². The molecular formula is C34H44F2N2O2. The summed E-state index contributed by atoms with van der Waals surface area (Å²) in [6.07, 6.45) is 11.8. The lowest BCUT2D eigenvalue weighted by Crippen LogP contribution is -2.53. The number of aliphatic hydroxyl groups excluding tert-OH is 1. The minimum atomic E-state index is -0.915. The molecule has 216 valence electrons. The number of carbonyl (C=O) groups excluding carboxylic acids is 1. The van der Waals surface area contributed by atoms with Gasteiger partial charge < -0.3 is 15.7 Å². The molecule has 0 saturated heterocycles. The van der Waals surface area contributed by atoms with Gasteiger partial charge in [0.25, 0.3) is 0 Å². The summed E-state index contributed by atoms with van der Waals surface area (Å²) in [7, 11) is 0. The van der Waals surface area contributed by atoms with Crippen LogP contribution in [0.1, 0.15) is 93.7 Å². The number of halogens is 2. The number of nitrogens with one attached hydrogen (secondary N) is 2. The normalized spacial score (nSPS) is 30.1. The molecule has 5 aliphatic carbocycles. The Hall–Kier alpha value is -2.31. The SMILES string of the molecule is CC(=O)NC(Cc1cc(F)cc(F)c1)C(O)CNC1(c2cccc(C3C4CC5CC(C4)CC3C5)c2)CCCCC1. The van der Waals surface area contributed by atoms with E-state index in [1.54, 1.807) is 0 Å². The van der Waals surface area contributed by atoms with E-state index in [0.717, 1.165) is 55.4 Å². The second-order valence-electron chi connectivity index (χ2n) is 13.5. The standard InChI is InChI=1S/C34H44F2N2O2/c1-21(39)38-31(17-24-15-29(35)19-30(36)16-24)32(40)20-37-34(8-3-2-4-9-34)28-7-5-6-25(18-28)33-26-11-22-10-23(13-26)14-27(33)12-22/h5-7,15-16,18-19,22-23,26-27,31-33,37,40H,2-4,8-14,17,20H2,1H3,(H,38,39). The molecule has 0 aromatic heterocycles. The first kappa shape index (κ1) is 27.8. The second kappa shape index (κ2) is 11.5. The van der Waals surface area contributed by atoms with Crippen molar-refractivity contribution in [3.8, 4) is 0 Å². The van der Waals surface area contributed by atoms with Gasteiger partial charge in [-0.3, -0.25) is 4.79 Å². The second-order valence-corrected chi connectivity index (χ2v) is 13.5. The van der Waals surface area contributed by atoms with Crippen LogP contribution in [0.3, 0.4) is 0 Å². The van der Waals surface area contributed by atoms with Crippen LogP contribution in [0.5, 0.6) is 0 Å². The molecule has 6 heteroatoms. The molecule has 7 rings (SSSR count). The Balaban J connectivity index is 1.20. The highest BCUT2D eigenvalue weighted by molar-refractivity contribution is 5.73. The molecule has 0 radical (unpaired) electrons. The highest BCUT2D eigenvalue weighted by Crippen LogP contribution is 2.60. The highest BCUT2D eigenvalue weighted by Gasteiger charge is 2.48. The number of benzene rings is 2. The average molecular weight is 551 g/mol. The van der Waals surface area contributed by atoms with Crippen molar-refractivity contribution in [2.45, 2.75) is 101 Å². The molecule has 5 saturated carbocycles. The molecule has 2 atom stereocenters. The van der Waals surface area contributed by atoms with E-state index in [1.165, 1.54) is 68.7 Å². The zero-order valence-electron chi connectivity index (χ0n) is 23.7. The van der Waals surface area contributed by atoms with Gasteiger partial charge in [-0.2, -0.15) is 0 Å². The van der Waals surface area contributed by atoms with Gasteiger partial charge in [-0.05, 0) is 110 Å². The highest BCUT2D eigenvalue weighted by atomic mass is 19.1. The Morgan fingerprint density at radius 2 is 1.60 bits per heavy atom. The summed E-state index contributed by atoms with van der Waals surface area (Å²) in [5.41, 5.74) is 3.00. The zero-order chi connectivity index (χ0) is 27.9. The first-order chi connectivity index (χ1) is 19.3. The smallest absolute Gasteiger partial charge is 0.217 e. The molecular weight excluding hydrogens is 506 g/mol. The number of rotatable bonds is 9. The quantitative estimate of drug-likeness (QED) is 0.340. The fraction of sp³-hybridized carbons (Fsp3) is 0.618. The van der Waals surface area contributed by atoms with Crippen molar-refractivity contribution in [1.82, 2.24) is 10.6 Å². The molecule has 0 aliphatic heterocycles. The van der Waals surface area contributed by atoms with Crippen LogP contribution in [-0.2, 0) is 16.8 Å². The molecule has 2 aromatic carbocycles. The van der Waals surface area contributed by atoms with E-state index in [0.29, 0.717) is 11.5 Å². The van der Waals surface area contributed by atoms with E-state index >= 15 is 0 Å². The van der Waals surface area contributed by atoms with E-state index in [4.69, 9.17) is 0 Å². The van der Waals surface area contributed by atoms with Crippen LogP contribution in [0.4, 0.5) is 8.78 Å². The van der Waals surface area contributed by atoms with E-state index in [2.05, 4.69) is 34.9 Å². The molecule has 0 heterocycles. The predicted molar refractivity (Wildman–Crippen MR) is 153 cm³/mol. The van der Waals surface area contributed by atoms with Crippen LogP contribution in [-0.4, -0.2) is 29.7 Å². The molecule has 3 N–H and O–H groups in total. The summed E-state index contributed by atoms with van der Waals surface area (Å²) in [6, 6.07) is 12.0. The van der Waals surface area contributed by atoms with Gasteiger partial charge in [-0.25, -0.2) is 8.78 Å². The van der Waals surface area contributed by atoms with Gasteiger partial charge in [0.15, 0.2) is 0 Å². The minimum Gasteiger partial charge on any atom is -0.390 e. The number of hydrogen-bond donors (Lipinski definition) is 3. The maximum Gasteiger partial charge on any atom is 0.217 e. The lowest BCUT2D eigenvalue weighted by Gasteiger charge is -2.54. The molecule has 40 heavy (non-hydrogen) atoms. The van der Waals surface area contributed by atoms with Gasteiger partial charge in [0.2, 0.25) is 5.91 Å². The van der Waals surface area contributed by atoms with Crippen LogP contribution in [0.2, 0.25) is 0 Å². The van der Waals surface area contributed by atoms with Gasteiger partial charge >= 0.3 is 0 Å². The van der Waals surface area contributed by atoms with Crippen LogP contribution in [0.25, 0.3) is 0 Å². The summed E-state index contributed by atoms with van der Waals surface area (Å²) < 4.78 is 27.7. The molecule has 5 fully saturated rings. The maximum atomic E-state index is 13.8. The predicted octanol–water partition coefficient (Wildman–Crippen LogP) is 6.36. The van der Waals surface area contributed by atoms with Crippen molar-refractivity contribution >= 4 is 5.91 Å². The van der Waals surface area contributed by atoms with Crippen molar-refractivity contribution < 1.29 is 18.7 Å². The molecule has 0 spiro atoms. The van der Waals surface area contributed by atoms with Crippen LogP contribution >= 0.6 is 0 Å². The molecule has 5 aliphatic rings. The lowest BCUT2D eigenvalue weighted by atomic mass is 9.50. The van der Waals surface area contributed by atoms with Gasteiger partial charge in [0.1, 0.15) is 11.6 Å².